The zero-order chi connectivity index (χ0) is 7.68. The van der Waals surface area contributed by atoms with Crippen LogP contribution in [0.5, 0.6) is 5.75 Å². The second kappa shape index (κ2) is 2.38. The molecule has 1 aromatic carbocycles. The van der Waals surface area contributed by atoms with Gasteiger partial charge in [-0.2, -0.15) is 0 Å². The molecule has 2 heteroatoms. The summed E-state index contributed by atoms with van der Waals surface area (Å²) in [5, 5.41) is 3.73. The van der Waals surface area contributed by atoms with E-state index in [4.69, 9.17) is 4.84 Å². The van der Waals surface area contributed by atoms with Gasteiger partial charge in [-0.1, -0.05) is 17.3 Å². The minimum Gasteiger partial charge on any atom is -0.357 e. The van der Waals surface area contributed by atoms with Crippen LogP contribution in [0.3, 0.4) is 0 Å². The van der Waals surface area contributed by atoms with Crippen molar-refractivity contribution >= 4 is 6.21 Å². The minimum atomic E-state index is 0.885. The van der Waals surface area contributed by atoms with Crippen molar-refractivity contribution in [3.8, 4) is 5.75 Å². The summed E-state index contributed by atoms with van der Waals surface area (Å²) in [6.45, 7) is 2.04. The Kier molecular flexibility index (Phi) is 1.39. The molecule has 0 fully saturated rings. The van der Waals surface area contributed by atoms with Gasteiger partial charge in [0.2, 0.25) is 0 Å². The Hall–Kier alpha value is -1.31. The first-order chi connectivity index (χ1) is 5.36. The van der Waals surface area contributed by atoms with Crippen LogP contribution in [0.15, 0.2) is 23.4 Å². The Balaban J connectivity index is 2.48. The molecule has 1 aliphatic rings. The largest absolute Gasteiger partial charge is 0.357 e. The van der Waals surface area contributed by atoms with Gasteiger partial charge in [-0.15, -0.1) is 0 Å². The van der Waals surface area contributed by atoms with Gasteiger partial charge in [0.25, 0.3) is 0 Å². The molecule has 0 aromatic heterocycles. The summed E-state index contributed by atoms with van der Waals surface area (Å²) in [7, 11) is 0. The molecule has 0 unspecified atom stereocenters. The zero-order valence-corrected chi connectivity index (χ0v) is 6.37. The molecule has 0 saturated carbocycles. The van der Waals surface area contributed by atoms with E-state index in [9.17, 15) is 0 Å². The Bertz CT molecular complexity index is 304. The highest BCUT2D eigenvalue weighted by Gasteiger charge is 2.06. The van der Waals surface area contributed by atoms with Crippen molar-refractivity contribution in [1.82, 2.24) is 0 Å². The van der Waals surface area contributed by atoms with E-state index in [-0.39, 0.29) is 0 Å². The average molecular weight is 147 g/mol. The predicted octanol–water partition coefficient (Wildman–Crippen LogP) is 1.92. The second-order valence-electron chi connectivity index (χ2n) is 2.69. The van der Waals surface area contributed by atoms with Crippen molar-refractivity contribution < 1.29 is 4.84 Å². The average Bonchev–Trinajstić information content (AvgIpc) is 2.04. The predicted molar refractivity (Wildman–Crippen MR) is 44.0 cm³/mol. The maximum atomic E-state index is 5.07. The van der Waals surface area contributed by atoms with Crippen LogP contribution in [0.25, 0.3) is 0 Å². The Labute approximate surface area is 65.5 Å². The number of rotatable bonds is 0. The number of benzene rings is 1. The lowest BCUT2D eigenvalue weighted by Gasteiger charge is -2.09. The first kappa shape index (κ1) is 6.40. The summed E-state index contributed by atoms with van der Waals surface area (Å²) in [5.74, 6) is 0.896. The van der Waals surface area contributed by atoms with Crippen molar-refractivity contribution in [2.75, 3.05) is 0 Å². The van der Waals surface area contributed by atoms with Gasteiger partial charge in [0.15, 0.2) is 5.75 Å². The number of oxime groups is 1. The highest BCUT2D eigenvalue weighted by atomic mass is 16.6. The molecule has 0 atom stereocenters. The number of hydrogen-bond acceptors (Lipinski definition) is 2. The van der Waals surface area contributed by atoms with Crippen molar-refractivity contribution in [3.63, 3.8) is 0 Å². The van der Waals surface area contributed by atoms with Gasteiger partial charge in [0, 0.05) is 18.2 Å². The van der Waals surface area contributed by atoms with Crippen LogP contribution in [0.1, 0.15) is 11.1 Å². The molecular formula is C9H9NO. The molecule has 0 spiro atoms. The van der Waals surface area contributed by atoms with E-state index in [1.54, 1.807) is 6.21 Å². The summed E-state index contributed by atoms with van der Waals surface area (Å²) >= 11 is 0. The van der Waals surface area contributed by atoms with Crippen LogP contribution in [-0.2, 0) is 6.42 Å². The molecular weight excluding hydrogens is 138 g/mol. The lowest BCUT2D eigenvalue weighted by molar-refractivity contribution is 0.333. The van der Waals surface area contributed by atoms with Gasteiger partial charge in [-0.25, -0.2) is 0 Å². The highest BCUT2D eigenvalue weighted by Crippen LogP contribution is 2.22. The Morgan fingerprint density at radius 1 is 1.45 bits per heavy atom. The van der Waals surface area contributed by atoms with E-state index < -0.39 is 0 Å². The number of aryl methyl sites for hydroxylation is 1. The zero-order valence-electron chi connectivity index (χ0n) is 6.37. The lowest BCUT2D eigenvalue weighted by atomic mass is 10.1. The van der Waals surface area contributed by atoms with E-state index in [2.05, 4.69) is 17.3 Å². The third-order valence-corrected chi connectivity index (χ3v) is 1.76. The van der Waals surface area contributed by atoms with Crippen LogP contribution in [0, 0.1) is 6.92 Å². The van der Waals surface area contributed by atoms with E-state index in [1.807, 2.05) is 13.0 Å². The van der Waals surface area contributed by atoms with Crippen LogP contribution in [-0.4, -0.2) is 6.21 Å². The fourth-order valence-corrected chi connectivity index (χ4v) is 1.15. The quantitative estimate of drug-likeness (QED) is 0.549. The normalized spacial score (nSPS) is 13.9. The summed E-state index contributed by atoms with van der Waals surface area (Å²) in [6, 6.07) is 6.17. The maximum absolute atomic E-state index is 5.07. The van der Waals surface area contributed by atoms with Crippen LogP contribution in [0.4, 0.5) is 0 Å². The SMILES string of the molecule is Cc1ccc2c(c1)ON=CC2. The van der Waals surface area contributed by atoms with E-state index in [0.717, 1.165) is 12.2 Å². The molecule has 0 aliphatic carbocycles. The topological polar surface area (TPSA) is 21.6 Å². The monoisotopic (exact) mass is 147 g/mol. The standard InChI is InChI=1S/C9H9NO/c1-7-2-3-8-4-5-10-11-9(8)6-7/h2-3,5-6H,4H2,1H3. The van der Waals surface area contributed by atoms with E-state index in [1.165, 1.54) is 11.1 Å². The molecule has 0 saturated heterocycles. The van der Waals surface area contributed by atoms with Gasteiger partial charge in [0.05, 0.1) is 0 Å². The molecule has 2 rings (SSSR count). The summed E-state index contributed by atoms with van der Waals surface area (Å²) in [4.78, 5) is 5.07. The summed E-state index contributed by atoms with van der Waals surface area (Å²) in [6.07, 6.45) is 2.66. The van der Waals surface area contributed by atoms with Crippen molar-refractivity contribution in [1.29, 1.82) is 0 Å². The van der Waals surface area contributed by atoms with E-state index in [0.29, 0.717) is 0 Å². The molecule has 0 bridgehead atoms. The van der Waals surface area contributed by atoms with Gasteiger partial charge in [-0.05, 0) is 18.6 Å². The van der Waals surface area contributed by atoms with Gasteiger partial charge >= 0.3 is 0 Å². The molecule has 1 aromatic rings. The first-order valence-corrected chi connectivity index (χ1v) is 3.64. The second-order valence-corrected chi connectivity index (χ2v) is 2.69. The molecule has 11 heavy (non-hydrogen) atoms. The van der Waals surface area contributed by atoms with Crippen molar-refractivity contribution in [3.05, 3.63) is 29.3 Å². The van der Waals surface area contributed by atoms with Crippen molar-refractivity contribution in [2.24, 2.45) is 5.16 Å². The first-order valence-electron chi connectivity index (χ1n) is 3.64. The fourth-order valence-electron chi connectivity index (χ4n) is 1.15. The minimum absolute atomic E-state index is 0.885. The fraction of sp³-hybridized carbons (Fsp3) is 0.222. The lowest BCUT2D eigenvalue weighted by Crippen LogP contribution is -1.99. The number of fused-ring (bicyclic) bond motifs is 1. The number of nitrogens with zero attached hydrogens (tertiary/aromatic N) is 1. The molecule has 2 nitrogen and oxygen atoms in total. The van der Waals surface area contributed by atoms with Gasteiger partial charge < -0.3 is 4.84 Å². The third kappa shape index (κ3) is 1.11. The summed E-state index contributed by atoms with van der Waals surface area (Å²) < 4.78 is 0. The smallest absolute Gasteiger partial charge is 0.161 e. The van der Waals surface area contributed by atoms with E-state index >= 15 is 0 Å². The molecule has 0 amide bonds. The molecule has 56 valence electrons. The molecule has 0 radical (unpaired) electrons. The molecule has 1 heterocycles. The Morgan fingerprint density at radius 2 is 2.36 bits per heavy atom. The van der Waals surface area contributed by atoms with Gasteiger partial charge in [-0.3, -0.25) is 0 Å². The maximum Gasteiger partial charge on any atom is 0.161 e. The Morgan fingerprint density at radius 3 is 3.27 bits per heavy atom. The number of hydrogen-bond donors (Lipinski definition) is 0. The van der Waals surface area contributed by atoms with Crippen LogP contribution >= 0.6 is 0 Å². The molecule has 0 N–H and O–H groups in total. The third-order valence-electron chi connectivity index (χ3n) is 1.76. The van der Waals surface area contributed by atoms with Crippen LogP contribution < -0.4 is 4.84 Å². The van der Waals surface area contributed by atoms with Crippen molar-refractivity contribution in [2.45, 2.75) is 13.3 Å². The van der Waals surface area contributed by atoms with Crippen LogP contribution in [0.2, 0.25) is 0 Å². The van der Waals surface area contributed by atoms with Gasteiger partial charge in [0.1, 0.15) is 0 Å². The molecule has 1 aliphatic heterocycles. The highest BCUT2D eigenvalue weighted by molar-refractivity contribution is 5.64. The summed E-state index contributed by atoms with van der Waals surface area (Å²) in [5.41, 5.74) is 2.42.